The zero-order valence-corrected chi connectivity index (χ0v) is 10.5. The molecule has 2 rings (SSSR count). The van der Waals surface area contributed by atoms with Crippen LogP contribution in [-0.2, 0) is 0 Å². The van der Waals surface area contributed by atoms with Crippen LogP contribution in [0, 0.1) is 6.92 Å². The maximum atomic E-state index is 10.2. The number of nitrogens with zero attached hydrogens (tertiary/aromatic N) is 1. The molecule has 0 atom stereocenters. The molecule has 3 nitrogen and oxygen atoms in total. The van der Waals surface area contributed by atoms with Gasteiger partial charge in [0.25, 0.3) is 0 Å². The van der Waals surface area contributed by atoms with Gasteiger partial charge in [0, 0.05) is 5.75 Å². The lowest BCUT2D eigenvalue weighted by Gasteiger charge is -2.20. The van der Waals surface area contributed by atoms with Crippen LogP contribution in [0.3, 0.4) is 0 Å². The minimum atomic E-state index is -0.449. The number of hydrogen-bond acceptors (Lipinski definition) is 5. The van der Waals surface area contributed by atoms with Crippen molar-refractivity contribution in [3.63, 3.8) is 0 Å². The Morgan fingerprint density at radius 1 is 1.53 bits per heavy atom. The Kier molecular flexibility index (Phi) is 3.23. The van der Waals surface area contributed by atoms with Crippen molar-refractivity contribution in [3.05, 3.63) is 5.69 Å². The van der Waals surface area contributed by atoms with E-state index in [0.29, 0.717) is 5.13 Å². The molecule has 1 aromatic heterocycles. The minimum Gasteiger partial charge on any atom is -0.389 e. The average Bonchev–Trinajstić information content (AvgIpc) is 2.71. The van der Waals surface area contributed by atoms with E-state index in [9.17, 15) is 5.11 Å². The highest BCUT2D eigenvalue weighted by Gasteiger charge is 2.31. The summed E-state index contributed by atoms with van der Waals surface area (Å²) in [7, 11) is 0. The van der Waals surface area contributed by atoms with Gasteiger partial charge in [0.15, 0.2) is 5.13 Å². The van der Waals surface area contributed by atoms with Crippen molar-refractivity contribution in [2.45, 2.75) is 42.4 Å². The molecule has 0 amide bonds. The van der Waals surface area contributed by atoms with E-state index in [0.717, 1.165) is 41.3 Å². The van der Waals surface area contributed by atoms with Crippen molar-refractivity contribution in [1.82, 2.24) is 4.98 Å². The van der Waals surface area contributed by atoms with E-state index >= 15 is 0 Å². The van der Waals surface area contributed by atoms with E-state index in [1.165, 1.54) is 11.3 Å². The Hall–Kier alpha value is -0.260. The molecule has 1 aliphatic rings. The van der Waals surface area contributed by atoms with Crippen LogP contribution in [0.15, 0.2) is 4.21 Å². The number of aryl methyl sites for hydroxylation is 1. The summed E-state index contributed by atoms with van der Waals surface area (Å²) >= 11 is 3.20. The van der Waals surface area contributed by atoms with E-state index in [1.54, 1.807) is 11.8 Å². The fraction of sp³-hybridized carbons (Fsp3) is 0.700. The highest BCUT2D eigenvalue weighted by Crippen LogP contribution is 2.37. The summed E-state index contributed by atoms with van der Waals surface area (Å²) in [6, 6.07) is 0. The summed E-state index contributed by atoms with van der Waals surface area (Å²) in [5.41, 5.74) is 6.17. The van der Waals surface area contributed by atoms with E-state index < -0.39 is 5.60 Å². The maximum absolute atomic E-state index is 10.2. The lowest BCUT2D eigenvalue weighted by molar-refractivity contribution is 0.0733. The van der Waals surface area contributed by atoms with Gasteiger partial charge in [-0.1, -0.05) is 24.2 Å². The first kappa shape index (κ1) is 11.2. The van der Waals surface area contributed by atoms with Crippen molar-refractivity contribution in [1.29, 1.82) is 0 Å². The molecule has 84 valence electrons. The molecule has 1 heterocycles. The summed E-state index contributed by atoms with van der Waals surface area (Å²) in [4.78, 5) is 4.17. The number of hydrogen-bond donors (Lipinski definition) is 2. The Bertz CT molecular complexity index is 345. The first-order chi connectivity index (χ1) is 7.09. The van der Waals surface area contributed by atoms with Crippen LogP contribution < -0.4 is 5.73 Å². The van der Waals surface area contributed by atoms with E-state index in [1.807, 2.05) is 6.92 Å². The molecule has 0 spiro atoms. The van der Waals surface area contributed by atoms with Crippen molar-refractivity contribution in [3.8, 4) is 0 Å². The van der Waals surface area contributed by atoms with Gasteiger partial charge in [-0.3, -0.25) is 0 Å². The molecule has 5 heteroatoms. The largest absolute Gasteiger partial charge is 0.389 e. The lowest BCUT2D eigenvalue weighted by Crippen LogP contribution is -2.26. The van der Waals surface area contributed by atoms with Crippen molar-refractivity contribution in [2.24, 2.45) is 0 Å². The Balaban J connectivity index is 1.95. The van der Waals surface area contributed by atoms with Crippen molar-refractivity contribution >= 4 is 28.2 Å². The zero-order chi connectivity index (χ0) is 10.9. The standard InChI is InChI=1S/C10H16N2OS2/c1-7-8(15-9(11)12-7)14-6-10(13)4-2-3-5-10/h13H,2-6H2,1H3,(H2,11,12). The number of rotatable bonds is 3. The molecule has 3 N–H and O–H groups in total. The molecule has 1 aromatic rings. The molecular weight excluding hydrogens is 228 g/mol. The number of thiazole rings is 1. The predicted molar refractivity (Wildman–Crippen MR) is 65.4 cm³/mol. The van der Waals surface area contributed by atoms with Gasteiger partial charge < -0.3 is 10.8 Å². The molecule has 0 aromatic carbocycles. The van der Waals surface area contributed by atoms with Crippen LogP contribution in [0.25, 0.3) is 0 Å². The van der Waals surface area contributed by atoms with Crippen LogP contribution >= 0.6 is 23.1 Å². The van der Waals surface area contributed by atoms with Crippen LogP contribution in [0.2, 0.25) is 0 Å². The molecule has 0 unspecified atom stereocenters. The quantitative estimate of drug-likeness (QED) is 0.802. The number of nitrogen functional groups attached to an aromatic ring is 1. The van der Waals surface area contributed by atoms with Crippen molar-refractivity contribution in [2.75, 3.05) is 11.5 Å². The van der Waals surface area contributed by atoms with Crippen LogP contribution in [0.4, 0.5) is 5.13 Å². The summed E-state index contributed by atoms with van der Waals surface area (Å²) in [6.45, 7) is 1.97. The van der Waals surface area contributed by atoms with Gasteiger partial charge in [-0.2, -0.15) is 0 Å². The molecule has 1 saturated carbocycles. The summed E-state index contributed by atoms with van der Waals surface area (Å²) in [5, 5.41) is 10.8. The first-order valence-electron chi connectivity index (χ1n) is 5.17. The number of aliphatic hydroxyl groups is 1. The normalized spacial score (nSPS) is 19.6. The molecule has 0 aliphatic heterocycles. The van der Waals surface area contributed by atoms with Gasteiger partial charge in [0.1, 0.15) is 0 Å². The summed E-state index contributed by atoms with van der Waals surface area (Å²) in [6.07, 6.45) is 4.18. The highest BCUT2D eigenvalue weighted by atomic mass is 32.2. The topological polar surface area (TPSA) is 59.1 Å². The smallest absolute Gasteiger partial charge is 0.181 e. The summed E-state index contributed by atoms with van der Waals surface area (Å²) < 4.78 is 1.15. The predicted octanol–water partition coefficient (Wildman–Crippen LogP) is 2.43. The van der Waals surface area contributed by atoms with Gasteiger partial charge in [-0.15, -0.1) is 11.8 Å². The van der Waals surface area contributed by atoms with Gasteiger partial charge in [-0.25, -0.2) is 4.98 Å². The van der Waals surface area contributed by atoms with E-state index in [-0.39, 0.29) is 0 Å². The second-order valence-electron chi connectivity index (χ2n) is 4.15. The van der Waals surface area contributed by atoms with E-state index in [2.05, 4.69) is 4.98 Å². The molecule has 1 fully saturated rings. The average molecular weight is 244 g/mol. The highest BCUT2D eigenvalue weighted by molar-refractivity contribution is 8.01. The van der Waals surface area contributed by atoms with Gasteiger partial charge >= 0.3 is 0 Å². The third kappa shape index (κ3) is 2.65. The molecule has 0 radical (unpaired) electrons. The number of aromatic nitrogens is 1. The molecule has 15 heavy (non-hydrogen) atoms. The summed E-state index contributed by atoms with van der Waals surface area (Å²) in [5.74, 6) is 0.773. The van der Waals surface area contributed by atoms with Gasteiger partial charge in [0.05, 0.1) is 15.5 Å². The van der Waals surface area contributed by atoms with E-state index in [4.69, 9.17) is 5.73 Å². The monoisotopic (exact) mass is 244 g/mol. The van der Waals surface area contributed by atoms with Crippen molar-refractivity contribution < 1.29 is 5.11 Å². The van der Waals surface area contributed by atoms with Crippen LogP contribution in [0.5, 0.6) is 0 Å². The maximum Gasteiger partial charge on any atom is 0.181 e. The third-order valence-corrected chi connectivity index (χ3v) is 5.40. The molecule has 0 bridgehead atoms. The Labute approximate surface area is 98.1 Å². The Morgan fingerprint density at radius 3 is 2.73 bits per heavy atom. The number of thioether (sulfide) groups is 1. The molecular formula is C10H16N2OS2. The fourth-order valence-corrected chi connectivity index (χ4v) is 4.09. The Morgan fingerprint density at radius 2 is 2.20 bits per heavy atom. The SMILES string of the molecule is Cc1nc(N)sc1SCC1(O)CCCC1. The zero-order valence-electron chi connectivity index (χ0n) is 8.82. The second kappa shape index (κ2) is 4.31. The first-order valence-corrected chi connectivity index (χ1v) is 6.97. The lowest BCUT2D eigenvalue weighted by atomic mass is 10.1. The van der Waals surface area contributed by atoms with Gasteiger partial charge in [-0.05, 0) is 19.8 Å². The van der Waals surface area contributed by atoms with Crippen LogP contribution in [0.1, 0.15) is 31.4 Å². The third-order valence-electron chi connectivity index (χ3n) is 2.78. The molecule has 1 aliphatic carbocycles. The van der Waals surface area contributed by atoms with Gasteiger partial charge in [0.2, 0.25) is 0 Å². The number of anilines is 1. The van der Waals surface area contributed by atoms with Crippen LogP contribution in [-0.4, -0.2) is 21.4 Å². The fourth-order valence-electron chi connectivity index (χ4n) is 1.91. The minimum absolute atomic E-state index is 0.449. The molecule has 0 saturated heterocycles. The number of nitrogens with two attached hydrogens (primary N) is 1. The second-order valence-corrected chi connectivity index (χ2v) is 6.42.